The Labute approximate surface area is 127 Å². The van der Waals surface area contributed by atoms with Gasteiger partial charge in [0.05, 0.1) is 22.3 Å². The molecule has 4 nitrogen and oxygen atoms in total. The fourth-order valence-electron chi connectivity index (χ4n) is 1.69. The number of anilines is 2. The Morgan fingerprint density at radius 2 is 2.05 bits per heavy atom. The summed E-state index contributed by atoms with van der Waals surface area (Å²) in [5, 5.41) is 12.7. The van der Waals surface area contributed by atoms with E-state index in [9.17, 15) is 0 Å². The van der Waals surface area contributed by atoms with Gasteiger partial charge in [0.25, 0.3) is 0 Å². The molecule has 1 N–H and O–H groups in total. The molecule has 0 saturated heterocycles. The number of nitrogens with one attached hydrogen (secondary N) is 1. The van der Waals surface area contributed by atoms with Crippen LogP contribution < -0.4 is 5.32 Å². The highest BCUT2D eigenvalue weighted by molar-refractivity contribution is 6.33. The second-order valence-electron chi connectivity index (χ2n) is 4.17. The summed E-state index contributed by atoms with van der Waals surface area (Å²) in [6.07, 6.45) is 1.70. The fourth-order valence-corrected chi connectivity index (χ4v) is 2.12. The van der Waals surface area contributed by atoms with Crippen LogP contribution in [0.5, 0.6) is 0 Å². The number of aryl methyl sites for hydroxylation is 1. The van der Waals surface area contributed by atoms with Crippen molar-refractivity contribution >= 4 is 34.7 Å². The average molecular weight is 307 g/mol. The van der Waals surface area contributed by atoms with Gasteiger partial charge in [0.15, 0.2) is 0 Å². The maximum Gasteiger partial charge on any atom is 0.135 e. The van der Waals surface area contributed by atoms with Gasteiger partial charge in [-0.1, -0.05) is 30.1 Å². The average Bonchev–Trinajstić information content (AvgIpc) is 2.41. The first-order valence-electron chi connectivity index (χ1n) is 6.12. The number of aromatic nitrogens is 2. The zero-order valence-corrected chi connectivity index (χ0v) is 12.3. The number of rotatable bonds is 4. The zero-order valence-electron chi connectivity index (χ0n) is 10.8. The van der Waals surface area contributed by atoms with E-state index in [0.717, 1.165) is 12.8 Å². The van der Waals surface area contributed by atoms with Gasteiger partial charge >= 0.3 is 0 Å². The van der Waals surface area contributed by atoms with Crippen LogP contribution in [0, 0.1) is 11.3 Å². The van der Waals surface area contributed by atoms with Gasteiger partial charge in [-0.05, 0) is 24.6 Å². The van der Waals surface area contributed by atoms with E-state index in [1.54, 1.807) is 24.3 Å². The molecule has 1 heterocycles. The molecule has 0 spiro atoms. The van der Waals surface area contributed by atoms with Gasteiger partial charge < -0.3 is 5.32 Å². The van der Waals surface area contributed by atoms with Crippen molar-refractivity contribution in [3.05, 3.63) is 45.8 Å². The second-order valence-corrected chi connectivity index (χ2v) is 4.97. The molecule has 0 amide bonds. The summed E-state index contributed by atoms with van der Waals surface area (Å²) < 4.78 is 0. The van der Waals surface area contributed by atoms with Gasteiger partial charge in [-0.15, -0.1) is 0 Å². The summed E-state index contributed by atoms with van der Waals surface area (Å²) >= 11 is 12.1. The van der Waals surface area contributed by atoms with Gasteiger partial charge in [-0.3, -0.25) is 0 Å². The molecule has 0 aliphatic heterocycles. The number of nitrogens with zero attached hydrogens (tertiary/aromatic N) is 3. The third-order valence-corrected chi connectivity index (χ3v) is 3.08. The molecular weight excluding hydrogens is 295 g/mol. The van der Waals surface area contributed by atoms with E-state index in [1.807, 2.05) is 6.07 Å². The number of benzene rings is 1. The molecule has 0 aliphatic carbocycles. The normalized spacial score (nSPS) is 10.1. The molecule has 0 bridgehead atoms. The van der Waals surface area contributed by atoms with E-state index >= 15 is 0 Å². The molecule has 2 rings (SSSR count). The van der Waals surface area contributed by atoms with Crippen LogP contribution in [-0.2, 0) is 6.42 Å². The van der Waals surface area contributed by atoms with Crippen molar-refractivity contribution in [3.63, 3.8) is 0 Å². The van der Waals surface area contributed by atoms with Crippen LogP contribution in [0.25, 0.3) is 0 Å². The Bertz CT molecular complexity index is 665. The molecule has 102 valence electrons. The van der Waals surface area contributed by atoms with Crippen LogP contribution in [-0.4, -0.2) is 9.97 Å². The molecule has 2 aromatic rings. The number of halogens is 2. The lowest BCUT2D eigenvalue weighted by Gasteiger charge is -2.09. The topological polar surface area (TPSA) is 61.6 Å². The highest BCUT2D eigenvalue weighted by Gasteiger charge is 2.06. The molecule has 20 heavy (non-hydrogen) atoms. The van der Waals surface area contributed by atoms with Crippen molar-refractivity contribution in [2.24, 2.45) is 0 Å². The number of hydrogen-bond donors (Lipinski definition) is 1. The first kappa shape index (κ1) is 14.6. The minimum absolute atomic E-state index is 0.385. The van der Waals surface area contributed by atoms with Gasteiger partial charge in [-0.2, -0.15) is 5.26 Å². The molecular formula is C14H12Cl2N4. The lowest BCUT2D eigenvalue weighted by Crippen LogP contribution is -2.01. The predicted octanol–water partition coefficient (Wildman–Crippen LogP) is 4.35. The van der Waals surface area contributed by atoms with Gasteiger partial charge in [0.2, 0.25) is 0 Å². The SMILES string of the molecule is CCCc1nc(Cl)cc(Nc2ccc(C#N)cc2Cl)n1. The third kappa shape index (κ3) is 3.60. The van der Waals surface area contributed by atoms with E-state index in [1.165, 1.54) is 0 Å². The number of nitriles is 1. The molecule has 0 radical (unpaired) electrons. The standard InChI is InChI=1S/C14H12Cl2N4/c1-2-3-13-19-12(16)7-14(20-13)18-11-5-4-9(8-17)6-10(11)15/h4-7H,2-3H2,1H3,(H,18,19,20). The summed E-state index contributed by atoms with van der Waals surface area (Å²) in [4.78, 5) is 8.53. The summed E-state index contributed by atoms with van der Waals surface area (Å²) in [5.41, 5.74) is 1.18. The van der Waals surface area contributed by atoms with Gasteiger partial charge in [-0.25, -0.2) is 9.97 Å². The summed E-state index contributed by atoms with van der Waals surface area (Å²) in [6.45, 7) is 2.05. The predicted molar refractivity (Wildman–Crippen MR) is 80.5 cm³/mol. The van der Waals surface area contributed by atoms with E-state index in [2.05, 4.69) is 22.2 Å². The monoisotopic (exact) mass is 306 g/mol. The van der Waals surface area contributed by atoms with E-state index < -0.39 is 0 Å². The fraction of sp³-hybridized carbons (Fsp3) is 0.214. The van der Waals surface area contributed by atoms with Crippen molar-refractivity contribution < 1.29 is 0 Å². The second kappa shape index (κ2) is 6.56. The lowest BCUT2D eigenvalue weighted by molar-refractivity contribution is 0.837. The van der Waals surface area contributed by atoms with Gasteiger partial charge in [0.1, 0.15) is 16.8 Å². The maximum absolute atomic E-state index is 8.81. The zero-order chi connectivity index (χ0) is 14.5. The van der Waals surface area contributed by atoms with E-state index in [4.69, 9.17) is 28.5 Å². The third-order valence-electron chi connectivity index (χ3n) is 2.58. The lowest BCUT2D eigenvalue weighted by atomic mass is 10.2. The molecule has 0 aliphatic rings. The summed E-state index contributed by atoms with van der Waals surface area (Å²) in [5.74, 6) is 1.27. The molecule has 1 aromatic heterocycles. The Morgan fingerprint density at radius 3 is 2.70 bits per heavy atom. The van der Waals surface area contributed by atoms with Crippen LogP contribution in [0.15, 0.2) is 24.3 Å². The van der Waals surface area contributed by atoms with E-state index in [0.29, 0.717) is 33.1 Å². The van der Waals surface area contributed by atoms with Crippen molar-refractivity contribution in [1.29, 1.82) is 5.26 Å². The Kier molecular flexibility index (Phi) is 4.78. The van der Waals surface area contributed by atoms with Crippen molar-refractivity contribution in [2.45, 2.75) is 19.8 Å². The van der Waals surface area contributed by atoms with Crippen LogP contribution in [0.2, 0.25) is 10.2 Å². The minimum atomic E-state index is 0.385. The van der Waals surface area contributed by atoms with Crippen LogP contribution in [0.3, 0.4) is 0 Å². The Morgan fingerprint density at radius 1 is 1.25 bits per heavy atom. The summed E-state index contributed by atoms with van der Waals surface area (Å²) in [7, 11) is 0. The maximum atomic E-state index is 8.81. The largest absolute Gasteiger partial charge is 0.339 e. The van der Waals surface area contributed by atoms with Crippen molar-refractivity contribution in [2.75, 3.05) is 5.32 Å². The molecule has 0 atom stereocenters. The smallest absolute Gasteiger partial charge is 0.135 e. The van der Waals surface area contributed by atoms with E-state index in [-0.39, 0.29) is 0 Å². The molecule has 0 fully saturated rings. The molecule has 6 heteroatoms. The van der Waals surface area contributed by atoms with Gasteiger partial charge in [0, 0.05) is 12.5 Å². The molecule has 0 unspecified atom stereocenters. The van der Waals surface area contributed by atoms with Crippen molar-refractivity contribution in [3.8, 4) is 6.07 Å². The quantitative estimate of drug-likeness (QED) is 0.853. The van der Waals surface area contributed by atoms with Crippen LogP contribution >= 0.6 is 23.2 Å². The minimum Gasteiger partial charge on any atom is -0.339 e. The summed E-state index contributed by atoms with van der Waals surface area (Å²) in [6, 6.07) is 8.68. The Balaban J connectivity index is 2.28. The first-order valence-corrected chi connectivity index (χ1v) is 6.88. The number of hydrogen-bond acceptors (Lipinski definition) is 4. The van der Waals surface area contributed by atoms with Crippen LogP contribution in [0.1, 0.15) is 24.7 Å². The molecule has 0 saturated carbocycles. The van der Waals surface area contributed by atoms with Crippen LogP contribution in [0.4, 0.5) is 11.5 Å². The Hall–Kier alpha value is -1.83. The highest BCUT2D eigenvalue weighted by atomic mass is 35.5. The molecule has 1 aromatic carbocycles. The van der Waals surface area contributed by atoms with Crippen molar-refractivity contribution in [1.82, 2.24) is 9.97 Å². The first-order chi connectivity index (χ1) is 9.62. The highest BCUT2D eigenvalue weighted by Crippen LogP contribution is 2.26.